The predicted molar refractivity (Wildman–Crippen MR) is 144 cm³/mol. The maximum absolute atomic E-state index is 5.41. The number of nitrogens with one attached hydrogen (secondary N) is 1. The van der Waals surface area contributed by atoms with Gasteiger partial charge in [-0.05, 0) is 49.3 Å². The predicted octanol–water partition coefficient (Wildman–Crippen LogP) is 3.86. The van der Waals surface area contributed by atoms with Crippen LogP contribution in [0, 0.1) is 0 Å². The molecule has 2 aromatic carbocycles. The van der Waals surface area contributed by atoms with Crippen molar-refractivity contribution in [2.75, 3.05) is 73.0 Å². The lowest BCUT2D eigenvalue weighted by Crippen LogP contribution is -2.71. The molecule has 2 fully saturated rings. The van der Waals surface area contributed by atoms with E-state index in [0.29, 0.717) is 0 Å². The quantitative estimate of drug-likeness (QED) is 0.541. The van der Waals surface area contributed by atoms with Crippen LogP contribution in [0.15, 0.2) is 42.5 Å². The van der Waals surface area contributed by atoms with E-state index in [4.69, 9.17) is 5.32 Å². The Hall–Kier alpha value is -1.50. The van der Waals surface area contributed by atoms with Crippen molar-refractivity contribution in [1.82, 2.24) is 20.4 Å². The molecule has 34 heavy (non-hydrogen) atoms. The van der Waals surface area contributed by atoms with Gasteiger partial charge < -0.3 is 9.38 Å². The number of fused-ring (bicyclic) bond motifs is 1. The van der Waals surface area contributed by atoms with E-state index >= 15 is 0 Å². The average molecular weight is 466 g/mol. The summed E-state index contributed by atoms with van der Waals surface area (Å²) < 4.78 is 1.28. The van der Waals surface area contributed by atoms with Crippen LogP contribution in [0.3, 0.4) is 0 Å². The van der Waals surface area contributed by atoms with Gasteiger partial charge in [0, 0.05) is 32.7 Å². The molecule has 2 aliphatic heterocycles. The van der Waals surface area contributed by atoms with Crippen molar-refractivity contribution in [2.24, 2.45) is 0 Å². The van der Waals surface area contributed by atoms with E-state index in [1.54, 1.807) is 0 Å². The van der Waals surface area contributed by atoms with E-state index in [-0.39, 0.29) is 11.7 Å². The lowest BCUT2D eigenvalue weighted by molar-refractivity contribution is -0.932. The Morgan fingerprint density at radius 3 is 2.50 bits per heavy atom. The van der Waals surface area contributed by atoms with Crippen LogP contribution in [0.25, 0.3) is 10.8 Å². The molecule has 0 saturated carbocycles. The molecule has 2 heterocycles. The molecule has 0 aliphatic carbocycles. The molecule has 2 atom stereocenters. The Bertz CT molecular complexity index is 900. The first-order valence-corrected chi connectivity index (χ1v) is 13.7. The van der Waals surface area contributed by atoms with E-state index < -0.39 is 0 Å². The number of piperazine rings is 2. The van der Waals surface area contributed by atoms with E-state index in [2.05, 4.69) is 85.5 Å². The van der Waals surface area contributed by atoms with Crippen LogP contribution in [-0.4, -0.2) is 93.4 Å². The third-order valence-electron chi connectivity index (χ3n) is 8.27. The Balaban J connectivity index is 1.58. The second-order valence-corrected chi connectivity index (χ2v) is 10.9. The summed E-state index contributed by atoms with van der Waals surface area (Å²) in [6.45, 7) is 15.1. The molecule has 0 bridgehead atoms. The minimum Gasteiger partial charge on any atom is -0.320 e. The van der Waals surface area contributed by atoms with Crippen molar-refractivity contribution in [3.63, 3.8) is 0 Å². The van der Waals surface area contributed by atoms with E-state index in [1.807, 2.05) is 0 Å². The van der Waals surface area contributed by atoms with E-state index in [1.165, 1.54) is 66.4 Å². The van der Waals surface area contributed by atoms with Crippen LogP contribution in [0.2, 0.25) is 0 Å². The standard InChI is InChI=1S/C29H47N5/c1-5-7-20-34(21-17-32(3)4)22-18-33(19-23-34)28-29(14-6-2,31-16-15-30-28)27-13-12-25-10-8-9-11-26(25)24-27/h8-13,24,28,30H,5-7,14-23H2,1-4H3/q+1. The second-order valence-electron chi connectivity index (χ2n) is 10.9. The van der Waals surface area contributed by atoms with Gasteiger partial charge in [-0.15, -0.1) is 0 Å². The molecule has 1 radical (unpaired) electrons. The highest BCUT2D eigenvalue weighted by Crippen LogP contribution is 2.37. The molecule has 2 aliphatic rings. The molecule has 1 N–H and O–H groups in total. The first kappa shape index (κ1) is 25.6. The van der Waals surface area contributed by atoms with Crippen LogP contribution in [0.1, 0.15) is 45.1 Å². The summed E-state index contributed by atoms with van der Waals surface area (Å²) in [4.78, 5) is 5.09. The number of hydrogen-bond donors (Lipinski definition) is 1. The summed E-state index contributed by atoms with van der Waals surface area (Å²) in [5.41, 5.74) is 1.21. The highest BCUT2D eigenvalue weighted by Gasteiger charge is 2.47. The zero-order chi connectivity index (χ0) is 24.0. The van der Waals surface area contributed by atoms with E-state index in [0.717, 1.165) is 39.0 Å². The number of unbranched alkanes of at least 4 members (excludes halogenated alkanes) is 1. The maximum atomic E-state index is 5.41. The summed E-state index contributed by atoms with van der Waals surface area (Å²) in [6.07, 6.45) is 5.14. The summed E-state index contributed by atoms with van der Waals surface area (Å²) in [5, 5.41) is 12.0. The summed E-state index contributed by atoms with van der Waals surface area (Å²) >= 11 is 0. The third-order valence-corrected chi connectivity index (χ3v) is 8.27. The van der Waals surface area contributed by atoms with Crippen molar-refractivity contribution in [2.45, 2.75) is 51.2 Å². The summed E-state index contributed by atoms with van der Waals surface area (Å²) in [5.74, 6) is 0. The van der Waals surface area contributed by atoms with Gasteiger partial charge >= 0.3 is 0 Å². The molecular weight excluding hydrogens is 418 g/mol. The lowest BCUT2D eigenvalue weighted by Gasteiger charge is -2.53. The largest absolute Gasteiger partial charge is 0.320 e. The number of hydrogen-bond acceptors (Lipinski definition) is 3. The Morgan fingerprint density at radius 2 is 1.79 bits per heavy atom. The highest BCUT2D eigenvalue weighted by molar-refractivity contribution is 5.83. The fourth-order valence-electron chi connectivity index (χ4n) is 6.22. The van der Waals surface area contributed by atoms with Crippen LogP contribution >= 0.6 is 0 Å². The maximum Gasteiger partial charge on any atom is 0.0917 e. The third kappa shape index (κ3) is 5.50. The van der Waals surface area contributed by atoms with Gasteiger partial charge in [-0.2, -0.15) is 0 Å². The SMILES string of the molecule is CCCC[N+]1(CCN(C)C)CCN(C2NCC[N]C2(CCC)c2ccc3ccccc3c2)CC1. The Kier molecular flexibility index (Phi) is 8.65. The second kappa shape index (κ2) is 11.5. The summed E-state index contributed by atoms with van der Waals surface area (Å²) in [6, 6.07) is 15.8. The molecule has 2 saturated heterocycles. The normalized spacial score (nSPS) is 25.7. The molecule has 5 nitrogen and oxygen atoms in total. The van der Waals surface area contributed by atoms with Gasteiger partial charge in [-0.25, -0.2) is 5.32 Å². The molecule has 5 heteroatoms. The number of benzene rings is 2. The van der Waals surface area contributed by atoms with Crippen molar-refractivity contribution in [3.8, 4) is 0 Å². The lowest BCUT2D eigenvalue weighted by atomic mass is 9.79. The number of rotatable bonds is 10. The van der Waals surface area contributed by atoms with Crippen LogP contribution < -0.4 is 10.6 Å². The zero-order valence-electron chi connectivity index (χ0n) is 22.1. The average Bonchev–Trinajstić information content (AvgIpc) is 2.87. The molecule has 187 valence electrons. The van der Waals surface area contributed by atoms with Crippen molar-refractivity contribution >= 4 is 10.8 Å². The monoisotopic (exact) mass is 465 g/mol. The smallest absolute Gasteiger partial charge is 0.0917 e. The topological polar surface area (TPSA) is 32.6 Å². The molecule has 0 aromatic heterocycles. The van der Waals surface area contributed by atoms with Gasteiger partial charge in [-0.1, -0.05) is 63.1 Å². The van der Waals surface area contributed by atoms with Gasteiger partial charge in [0.1, 0.15) is 0 Å². The fourth-order valence-corrected chi connectivity index (χ4v) is 6.22. The fraction of sp³-hybridized carbons (Fsp3) is 0.655. The minimum atomic E-state index is -0.170. The first-order valence-electron chi connectivity index (χ1n) is 13.7. The molecule has 0 spiro atoms. The summed E-state index contributed by atoms with van der Waals surface area (Å²) in [7, 11) is 4.42. The minimum absolute atomic E-state index is 0.170. The van der Waals surface area contributed by atoms with E-state index in [9.17, 15) is 0 Å². The van der Waals surface area contributed by atoms with Crippen LogP contribution in [-0.2, 0) is 5.54 Å². The molecule has 2 aromatic rings. The van der Waals surface area contributed by atoms with Crippen LogP contribution in [0.4, 0.5) is 0 Å². The zero-order valence-corrected chi connectivity index (χ0v) is 22.1. The van der Waals surface area contributed by atoms with Crippen molar-refractivity contribution in [3.05, 3.63) is 48.0 Å². The van der Waals surface area contributed by atoms with Gasteiger partial charge in [0.2, 0.25) is 0 Å². The Labute approximate surface area is 208 Å². The van der Waals surface area contributed by atoms with Gasteiger partial charge in [-0.3, -0.25) is 10.2 Å². The number of likely N-dealkylation sites (N-methyl/N-ethyl adjacent to an activating group) is 1. The van der Waals surface area contributed by atoms with Crippen LogP contribution in [0.5, 0.6) is 0 Å². The van der Waals surface area contributed by atoms with Gasteiger partial charge in [0.25, 0.3) is 0 Å². The van der Waals surface area contributed by atoms with Gasteiger partial charge in [0.15, 0.2) is 0 Å². The van der Waals surface area contributed by atoms with Crippen molar-refractivity contribution in [1.29, 1.82) is 0 Å². The number of nitrogens with zero attached hydrogens (tertiary/aromatic N) is 4. The van der Waals surface area contributed by atoms with Gasteiger partial charge in [0.05, 0.1) is 37.9 Å². The Morgan fingerprint density at radius 1 is 1.03 bits per heavy atom. The first-order chi connectivity index (χ1) is 16.5. The molecular formula is C29H47N5+. The molecule has 4 rings (SSSR count). The van der Waals surface area contributed by atoms with Crippen molar-refractivity contribution < 1.29 is 4.48 Å². The number of quaternary nitrogens is 1. The molecule has 2 unspecified atom stereocenters. The highest BCUT2D eigenvalue weighted by atomic mass is 15.4. The molecule has 0 amide bonds.